The number of halogens is 1. The summed E-state index contributed by atoms with van der Waals surface area (Å²) in [5.41, 5.74) is 0.992. The maximum Gasteiger partial charge on any atom is 0.124 e. The summed E-state index contributed by atoms with van der Waals surface area (Å²) in [6.45, 7) is 1.80. The highest BCUT2D eigenvalue weighted by atomic mass is 19.1. The molecule has 3 heteroatoms. The molecule has 1 N–H and O–H groups in total. The van der Waals surface area contributed by atoms with Crippen LogP contribution in [-0.4, -0.2) is 13.2 Å². The number of rotatable bonds is 4. The van der Waals surface area contributed by atoms with E-state index >= 15 is 0 Å². The fourth-order valence-electron chi connectivity index (χ4n) is 2.74. The summed E-state index contributed by atoms with van der Waals surface area (Å²) in [5, 5.41) is 3.41. The second-order valence-corrected chi connectivity index (χ2v) is 5.44. The van der Waals surface area contributed by atoms with Crippen molar-refractivity contribution in [2.75, 3.05) is 13.2 Å². The molecule has 0 radical (unpaired) electrons. The van der Waals surface area contributed by atoms with Crippen molar-refractivity contribution in [3.63, 3.8) is 0 Å². The average Bonchev–Trinajstić information content (AvgIpc) is 2.82. The third-order valence-corrected chi connectivity index (χ3v) is 4.11. The molecular weight excluding hydrogens is 229 g/mol. The van der Waals surface area contributed by atoms with Gasteiger partial charge in [-0.15, -0.1) is 0 Å². The molecule has 0 bridgehead atoms. The molecule has 2 fully saturated rings. The Labute approximate surface area is 108 Å². The SMILES string of the molecule is Fc1ccc(OCC2CCC2)c(C2CCCN2)c1. The van der Waals surface area contributed by atoms with E-state index in [2.05, 4.69) is 5.32 Å². The monoisotopic (exact) mass is 249 g/mol. The Hall–Kier alpha value is -1.09. The van der Waals surface area contributed by atoms with Crippen molar-refractivity contribution in [3.05, 3.63) is 29.6 Å². The van der Waals surface area contributed by atoms with E-state index in [9.17, 15) is 4.39 Å². The molecule has 1 aliphatic heterocycles. The minimum absolute atomic E-state index is 0.172. The summed E-state index contributed by atoms with van der Waals surface area (Å²) < 4.78 is 19.3. The molecule has 0 spiro atoms. The van der Waals surface area contributed by atoms with Gasteiger partial charge >= 0.3 is 0 Å². The van der Waals surface area contributed by atoms with Gasteiger partial charge in [0.15, 0.2) is 0 Å². The Bertz CT molecular complexity index is 411. The lowest BCUT2D eigenvalue weighted by atomic mass is 9.86. The van der Waals surface area contributed by atoms with Crippen molar-refractivity contribution in [2.24, 2.45) is 5.92 Å². The average molecular weight is 249 g/mol. The highest BCUT2D eigenvalue weighted by Crippen LogP contribution is 2.33. The summed E-state index contributed by atoms with van der Waals surface area (Å²) in [6.07, 6.45) is 6.11. The minimum Gasteiger partial charge on any atom is -0.493 e. The van der Waals surface area contributed by atoms with E-state index in [0.29, 0.717) is 5.92 Å². The zero-order chi connectivity index (χ0) is 12.4. The van der Waals surface area contributed by atoms with E-state index < -0.39 is 0 Å². The Kier molecular flexibility index (Phi) is 3.50. The van der Waals surface area contributed by atoms with Crippen LogP contribution in [0.25, 0.3) is 0 Å². The summed E-state index contributed by atoms with van der Waals surface area (Å²) in [5.74, 6) is 1.40. The topological polar surface area (TPSA) is 21.3 Å². The van der Waals surface area contributed by atoms with Gasteiger partial charge in [-0.2, -0.15) is 0 Å². The molecule has 1 saturated heterocycles. The van der Waals surface area contributed by atoms with Gasteiger partial charge in [-0.3, -0.25) is 0 Å². The molecule has 2 nitrogen and oxygen atoms in total. The summed E-state index contributed by atoms with van der Waals surface area (Å²) in [7, 11) is 0. The smallest absolute Gasteiger partial charge is 0.124 e. The quantitative estimate of drug-likeness (QED) is 0.882. The van der Waals surface area contributed by atoms with Gasteiger partial charge in [0.05, 0.1) is 6.61 Å². The standard InChI is InChI=1S/C15H20FNO/c16-12-6-7-15(18-10-11-3-1-4-11)13(9-12)14-5-2-8-17-14/h6-7,9,11,14,17H,1-5,8,10H2. The van der Waals surface area contributed by atoms with Crippen molar-refractivity contribution >= 4 is 0 Å². The lowest BCUT2D eigenvalue weighted by molar-refractivity contribution is 0.178. The predicted octanol–water partition coefficient (Wildman–Crippen LogP) is 3.43. The largest absolute Gasteiger partial charge is 0.493 e. The first-order valence-electron chi connectivity index (χ1n) is 6.98. The molecule has 98 valence electrons. The molecule has 2 aliphatic rings. The molecular formula is C15H20FNO. The van der Waals surface area contributed by atoms with Crippen LogP contribution >= 0.6 is 0 Å². The van der Waals surface area contributed by atoms with Crippen LogP contribution in [0.4, 0.5) is 4.39 Å². The third-order valence-electron chi connectivity index (χ3n) is 4.11. The Balaban J connectivity index is 1.73. The van der Waals surface area contributed by atoms with Crippen LogP contribution in [0.2, 0.25) is 0 Å². The van der Waals surface area contributed by atoms with E-state index in [-0.39, 0.29) is 11.9 Å². The lowest BCUT2D eigenvalue weighted by Crippen LogP contribution is -2.21. The molecule has 1 atom stereocenters. The van der Waals surface area contributed by atoms with Crippen LogP contribution in [0.3, 0.4) is 0 Å². The van der Waals surface area contributed by atoms with Crippen LogP contribution < -0.4 is 10.1 Å². The van der Waals surface area contributed by atoms with E-state index in [0.717, 1.165) is 37.3 Å². The third kappa shape index (κ3) is 2.51. The van der Waals surface area contributed by atoms with E-state index in [4.69, 9.17) is 4.74 Å². The first kappa shape index (κ1) is 12.0. The first-order valence-corrected chi connectivity index (χ1v) is 6.98. The van der Waals surface area contributed by atoms with Crippen LogP contribution in [0.15, 0.2) is 18.2 Å². The molecule has 1 unspecified atom stereocenters. The second-order valence-electron chi connectivity index (χ2n) is 5.44. The molecule has 0 amide bonds. The molecule has 1 heterocycles. The molecule has 1 aromatic carbocycles. The number of hydrogen-bond donors (Lipinski definition) is 1. The van der Waals surface area contributed by atoms with Gasteiger partial charge in [0.1, 0.15) is 11.6 Å². The van der Waals surface area contributed by atoms with Gasteiger partial charge in [0, 0.05) is 11.6 Å². The molecule has 3 rings (SSSR count). The van der Waals surface area contributed by atoms with Crippen molar-refractivity contribution in [1.29, 1.82) is 0 Å². The van der Waals surface area contributed by atoms with Gasteiger partial charge in [0.2, 0.25) is 0 Å². The number of benzene rings is 1. The van der Waals surface area contributed by atoms with Crippen molar-refractivity contribution in [1.82, 2.24) is 5.32 Å². The predicted molar refractivity (Wildman–Crippen MR) is 69.2 cm³/mol. The molecule has 1 saturated carbocycles. The van der Waals surface area contributed by atoms with Crippen LogP contribution in [0.5, 0.6) is 5.75 Å². The Morgan fingerprint density at radius 3 is 2.78 bits per heavy atom. The van der Waals surface area contributed by atoms with Gasteiger partial charge in [-0.25, -0.2) is 4.39 Å². The van der Waals surface area contributed by atoms with Gasteiger partial charge in [0.25, 0.3) is 0 Å². The molecule has 18 heavy (non-hydrogen) atoms. The van der Waals surface area contributed by atoms with Gasteiger partial charge in [-0.1, -0.05) is 6.42 Å². The van der Waals surface area contributed by atoms with E-state index in [1.165, 1.54) is 25.3 Å². The van der Waals surface area contributed by atoms with Crippen molar-refractivity contribution < 1.29 is 9.13 Å². The highest BCUT2D eigenvalue weighted by molar-refractivity contribution is 5.37. The first-order chi connectivity index (χ1) is 8.83. The van der Waals surface area contributed by atoms with Crippen LogP contribution in [-0.2, 0) is 0 Å². The molecule has 0 aromatic heterocycles. The maximum absolute atomic E-state index is 13.4. The highest BCUT2D eigenvalue weighted by Gasteiger charge is 2.22. The normalized spacial score (nSPS) is 23.9. The van der Waals surface area contributed by atoms with Crippen molar-refractivity contribution in [3.8, 4) is 5.75 Å². The fraction of sp³-hybridized carbons (Fsp3) is 0.600. The zero-order valence-corrected chi connectivity index (χ0v) is 10.6. The van der Waals surface area contributed by atoms with E-state index in [1.54, 1.807) is 12.1 Å². The zero-order valence-electron chi connectivity index (χ0n) is 10.6. The summed E-state index contributed by atoms with van der Waals surface area (Å²) in [6, 6.07) is 5.16. The number of ether oxygens (including phenoxy) is 1. The maximum atomic E-state index is 13.4. The molecule has 1 aromatic rings. The van der Waals surface area contributed by atoms with Crippen molar-refractivity contribution in [2.45, 2.75) is 38.1 Å². The minimum atomic E-state index is -0.172. The van der Waals surface area contributed by atoms with Crippen LogP contribution in [0.1, 0.15) is 43.7 Å². The Morgan fingerprint density at radius 2 is 2.11 bits per heavy atom. The molecule has 1 aliphatic carbocycles. The van der Waals surface area contributed by atoms with Gasteiger partial charge in [-0.05, 0) is 56.3 Å². The summed E-state index contributed by atoms with van der Waals surface area (Å²) in [4.78, 5) is 0. The van der Waals surface area contributed by atoms with E-state index in [1.807, 2.05) is 0 Å². The lowest BCUT2D eigenvalue weighted by Gasteiger charge is -2.26. The second kappa shape index (κ2) is 5.27. The fourth-order valence-corrected chi connectivity index (χ4v) is 2.74. The number of hydrogen-bond acceptors (Lipinski definition) is 2. The summed E-state index contributed by atoms with van der Waals surface area (Å²) >= 11 is 0. The van der Waals surface area contributed by atoms with Crippen LogP contribution in [0, 0.1) is 11.7 Å². The number of nitrogens with one attached hydrogen (secondary N) is 1. The Morgan fingerprint density at radius 1 is 1.22 bits per heavy atom. The van der Waals surface area contributed by atoms with Gasteiger partial charge < -0.3 is 10.1 Å².